The second-order valence-corrected chi connectivity index (χ2v) is 9.96. The van der Waals surface area contributed by atoms with Crippen LogP contribution in [0.4, 0.5) is 5.69 Å². The van der Waals surface area contributed by atoms with Gasteiger partial charge < -0.3 is 5.73 Å². The molecule has 0 aliphatic rings. The van der Waals surface area contributed by atoms with Crippen molar-refractivity contribution >= 4 is 49.8 Å². The highest BCUT2D eigenvalue weighted by Crippen LogP contribution is 2.43. The molecule has 28 heavy (non-hydrogen) atoms. The van der Waals surface area contributed by atoms with E-state index in [2.05, 4.69) is 30.3 Å². The van der Waals surface area contributed by atoms with Crippen LogP contribution >= 0.6 is 22.7 Å². The average Bonchev–Trinajstić information content (AvgIpc) is 3.37. The number of thiophene rings is 2. The van der Waals surface area contributed by atoms with E-state index < -0.39 is 11.2 Å². The first-order chi connectivity index (χ1) is 13.7. The van der Waals surface area contributed by atoms with Crippen molar-refractivity contribution in [3.63, 3.8) is 0 Å². The number of nitrogen functional groups attached to an aromatic ring is 1. The van der Waals surface area contributed by atoms with Gasteiger partial charge in [-0.1, -0.05) is 47.7 Å². The minimum absolute atomic E-state index is 0.435. The number of benzene rings is 1. The molecule has 4 rings (SSSR count). The number of unbranched alkanes of at least 4 members (excludes halogenated alkanes) is 1. The Hall–Kier alpha value is -2.37. The monoisotopic (exact) mass is 424 g/mol. The molecule has 0 radical (unpaired) electrons. The van der Waals surface area contributed by atoms with Crippen LogP contribution in [0.5, 0.6) is 0 Å². The van der Waals surface area contributed by atoms with Gasteiger partial charge in [0.1, 0.15) is 16.3 Å². The van der Waals surface area contributed by atoms with E-state index in [1.807, 2.05) is 29.6 Å². The van der Waals surface area contributed by atoms with Gasteiger partial charge in [-0.15, -0.1) is 11.3 Å². The maximum Gasteiger partial charge on any atom is 0.269 e. The standard InChI is InChI=1S/C21H18N3OS3/c22-10-4-5-12-28(25)21-19(23)18-15(14-7-2-1-3-8-14)13-16(24-20(18)27-21)17-9-6-11-26-17/h1-3,6-9,11,13,25H,4-5,12,23H2/q+1. The summed E-state index contributed by atoms with van der Waals surface area (Å²) in [5, 5.41) is 11.7. The Labute approximate surface area is 174 Å². The molecule has 3 aromatic heterocycles. The Morgan fingerprint density at radius 3 is 2.71 bits per heavy atom. The minimum atomic E-state index is -0.982. The third kappa shape index (κ3) is 3.64. The smallest absolute Gasteiger partial charge is 0.269 e. The van der Waals surface area contributed by atoms with Gasteiger partial charge in [0.15, 0.2) is 11.2 Å². The van der Waals surface area contributed by atoms with E-state index in [0.717, 1.165) is 36.1 Å². The van der Waals surface area contributed by atoms with E-state index in [1.165, 1.54) is 11.3 Å². The summed E-state index contributed by atoms with van der Waals surface area (Å²) in [6.07, 6.45) is 1.09. The van der Waals surface area contributed by atoms with Gasteiger partial charge >= 0.3 is 0 Å². The Kier molecular flexibility index (Phi) is 5.64. The molecular weight excluding hydrogens is 406 g/mol. The molecule has 1 unspecified atom stereocenters. The number of hydrogen-bond donors (Lipinski definition) is 2. The summed E-state index contributed by atoms with van der Waals surface area (Å²) in [5.74, 6) is 0.545. The van der Waals surface area contributed by atoms with Gasteiger partial charge in [-0.05, 0) is 28.6 Å². The van der Waals surface area contributed by atoms with Gasteiger partial charge in [-0.3, -0.25) is 0 Å². The lowest BCUT2D eigenvalue weighted by Crippen LogP contribution is -2.06. The van der Waals surface area contributed by atoms with Crippen LogP contribution in [0.1, 0.15) is 12.8 Å². The van der Waals surface area contributed by atoms with Gasteiger partial charge in [0.2, 0.25) is 0 Å². The van der Waals surface area contributed by atoms with Crippen LogP contribution in [0.25, 0.3) is 31.9 Å². The van der Waals surface area contributed by atoms with Crippen molar-refractivity contribution in [1.29, 1.82) is 5.26 Å². The van der Waals surface area contributed by atoms with E-state index in [9.17, 15) is 4.55 Å². The zero-order valence-corrected chi connectivity index (χ0v) is 17.4. The van der Waals surface area contributed by atoms with Crippen LogP contribution < -0.4 is 5.73 Å². The molecule has 0 aliphatic heterocycles. The first-order valence-electron chi connectivity index (χ1n) is 8.78. The second-order valence-electron chi connectivity index (χ2n) is 6.21. The lowest BCUT2D eigenvalue weighted by molar-refractivity contribution is 0.638. The van der Waals surface area contributed by atoms with E-state index in [1.54, 1.807) is 11.3 Å². The molecule has 0 aliphatic carbocycles. The number of hydrogen-bond acceptors (Lipinski definition) is 6. The van der Waals surface area contributed by atoms with Gasteiger partial charge in [0, 0.05) is 18.2 Å². The summed E-state index contributed by atoms with van der Waals surface area (Å²) in [5.41, 5.74) is 10.1. The van der Waals surface area contributed by atoms with Gasteiger partial charge in [0.05, 0.1) is 16.6 Å². The summed E-state index contributed by atoms with van der Waals surface area (Å²) in [7, 11) is 0. The summed E-state index contributed by atoms with van der Waals surface area (Å²) < 4.78 is 11.4. The molecule has 1 atom stereocenters. The van der Waals surface area contributed by atoms with Gasteiger partial charge in [-0.2, -0.15) is 9.81 Å². The Balaban J connectivity index is 1.88. The van der Waals surface area contributed by atoms with E-state index >= 15 is 0 Å². The molecular formula is C21H18N3OS3+. The SMILES string of the molecule is N#CCCC[S+](O)c1sc2nc(-c3cccs3)cc(-c3ccccc3)c2c1N. The zero-order chi connectivity index (χ0) is 19.5. The molecule has 4 aromatic rings. The van der Waals surface area contributed by atoms with Crippen LogP contribution in [0.2, 0.25) is 0 Å². The van der Waals surface area contributed by atoms with E-state index in [-0.39, 0.29) is 0 Å². The van der Waals surface area contributed by atoms with Crippen molar-refractivity contribution in [1.82, 2.24) is 4.98 Å². The molecule has 1 aromatic carbocycles. The summed E-state index contributed by atoms with van der Waals surface area (Å²) >= 11 is 2.13. The topological polar surface area (TPSA) is 82.9 Å². The highest BCUT2D eigenvalue weighted by molar-refractivity contribution is 7.93. The molecule has 3 N–H and O–H groups in total. The predicted octanol–water partition coefficient (Wildman–Crippen LogP) is 6.03. The molecule has 0 amide bonds. The molecule has 3 heterocycles. The third-order valence-corrected chi connectivity index (χ3v) is 8.30. The van der Waals surface area contributed by atoms with Gasteiger partial charge in [-0.25, -0.2) is 4.98 Å². The van der Waals surface area contributed by atoms with E-state index in [0.29, 0.717) is 24.3 Å². The normalized spacial score (nSPS) is 12.1. The van der Waals surface area contributed by atoms with Crippen molar-refractivity contribution < 1.29 is 4.55 Å². The molecule has 0 fully saturated rings. The molecule has 140 valence electrons. The Morgan fingerprint density at radius 2 is 2.00 bits per heavy atom. The first-order valence-corrected chi connectivity index (χ1v) is 11.8. The van der Waals surface area contributed by atoms with Crippen LogP contribution in [-0.4, -0.2) is 15.3 Å². The van der Waals surface area contributed by atoms with Crippen LogP contribution in [0.3, 0.4) is 0 Å². The fourth-order valence-corrected chi connectivity index (χ4v) is 6.42. The number of anilines is 1. The Morgan fingerprint density at radius 1 is 1.18 bits per heavy atom. The number of fused-ring (bicyclic) bond motifs is 1. The number of nitriles is 1. The predicted molar refractivity (Wildman–Crippen MR) is 121 cm³/mol. The summed E-state index contributed by atoms with van der Waals surface area (Å²) in [6.45, 7) is 0. The van der Waals surface area contributed by atoms with Crippen molar-refractivity contribution in [2.75, 3.05) is 11.5 Å². The number of aromatic nitrogens is 1. The summed E-state index contributed by atoms with van der Waals surface area (Å²) in [4.78, 5) is 6.79. The zero-order valence-electron chi connectivity index (χ0n) is 15.0. The van der Waals surface area contributed by atoms with E-state index in [4.69, 9.17) is 16.0 Å². The lowest BCUT2D eigenvalue weighted by atomic mass is 10.0. The molecule has 4 nitrogen and oxygen atoms in total. The minimum Gasteiger partial charge on any atom is -0.393 e. The molecule has 0 saturated heterocycles. The molecule has 0 bridgehead atoms. The van der Waals surface area contributed by atoms with Crippen LogP contribution in [0.15, 0.2) is 58.1 Å². The maximum absolute atomic E-state index is 10.7. The van der Waals surface area contributed by atoms with Crippen molar-refractivity contribution in [2.45, 2.75) is 17.1 Å². The summed E-state index contributed by atoms with van der Waals surface area (Å²) in [6, 6.07) is 18.4. The van der Waals surface area contributed by atoms with Crippen molar-refractivity contribution in [2.24, 2.45) is 0 Å². The largest absolute Gasteiger partial charge is 0.393 e. The van der Waals surface area contributed by atoms with Crippen molar-refractivity contribution in [3.8, 4) is 27.8 Å². The fraction of sp³-hybridized carbons (Fsp3) is 0.143. The molecule has 7 heteroatoms. The van der Waals surface area contributed by atoms with Gasteiger partial charge in [0.25, 0.3) is 4.21 Å². The number of rotatable bonds is 6. The quantitative estimate of drug-likeness (QED) is 0.292. The molecule has 0 spiro atoms. The lowest BCUT2D eigenvalue weighted by Gasteiger charge is -2.07. The molecule has 0 saturated carbocycles. The third-order valence-electron chi connectivity index (χ3n) is 4.36. The highest BCUT2D eigenvalue weighted by Gasteiger charge is 2.29. The number of nitrogens with two attached hydrogens (primary N) is 1. The first kappa shape index (κ1) is 19.0. The van der Waals surface area contributed by atoms with Crippen LogP contribution in [0, 0.1) is 11.3 Å². The second kappa shape index (κ2) is 8.33. The van der Waals surface area contributed by atoms with Crippen LogP contribution in [-0.2, 0) is 11.2 Å². The average molecular weight is 425 g/mol. The highest BCUT2D eigenvalue weighted by atomic mass is 32.2. The maximum atomic E-state index is 10.7. The Bertz CT molecular complexity index is 1130. The van der Waals surface area contributed by atoms with Crippen molar-refractivity contribution in [3.05, 3.63) is 53.9 Å². The fourth-order valence-electron chi connectivity index (χ4n) is 3.05. The number of nitrogens with zero attached hydrogens (tertiary/aromatic N) is 2. The number of pyridine rings is 1.